The van der Waals surface area contributed by atoms with E-state index >= 15 is 0 Å². The minimum atomic E-state index is -1.11. The van der Waals surface area contributed by atoms with E-state index in [1.165, 1.54) is 12.3 Å². The second-order valence-corrected chi connectivity index (χ2v) is 5.88. The summed E-state index contributed by atoms with van der Waals surface area (Å²) in [5, 5.41) is 8.95. The highest BCUT2D eigenvalue weighted by atomic mass is 16.5. The first kappa shape index (κ1) is 15.0. The Kier molecular flexibility index (Phi) is 3.93. The summed E-state index contributed by atoms with van der Waals surface area (Å²) < 4.78 is 5.70. The molecule has 2 rings (SSSR count). The first-order chi connectivity index (χ1) is 9.77. The number of carboxylic acid groups (broad SMARTS) is 1. The number of hydrogen-bond acceptors (Lipinski definition) is 4. The maximum atomic E-state index is 10.9. The number of carbonyl (C=O) groups is 1. The molecule has 21 heavy (non-hydrogen) atoms. The molecule has 0 spiro atoms. The molecule has 1 aromatic carbocycles. The van der Waals surface area contributed by atoms with Crippen LogP contribution < -0.4 is 4.74 Å². The second kappa shape index (κ2) is 5.52. The fourth-order valence-electron chi connectivity index (χ4n) is 1.93. The number of carboxylic acids is 1. The third kappa shape index (κ3) is 3.56. The SMILES string of the molecule is Cc1ccc(Oc2nccc(C(=O)O)n2)c(C(C)(C)C)c1. The van der Waals surface area contributed by atoms with Crippen LogP contribution >= 0.6 is 0 Å². The van der Waals surface area contributed by atoms with E-state index in [2.05, 4.69) is 36.8 Å². The Morgan fingerprint density at radius 2 is 1.95 bits per heavy atom. The van der Waals surface area contributed by atoms with Crippen LogP contribution in [0.25, 0.3) is 0 Å². The van der Waals surface area contributed by atoms with Gasteiger partial charge in [0.25, 0.3) is 0 Å². The van der Waals surface area contributed by atoms with Gasteiger partial charge in [0.15, 0.2) is 5.69 Å². The average Bonchev–Trinajstić information content (AvgIpc) is 2.40. The van der Waals surface area contributed by atoms with Gasteiger partial charge in [0.2, 0.25) is 0 Å². The summed E-state index contributed by atoms with van der Waals surface area (Å²) in [6.07, 6.45) is 1.37. The fourth-order valence-corrected chi connectivity index (χ4v) is 1.93. The lowest BCUT2D eigenvalue weighted by Gasteiger charge is -2.22. The quantitative estimate of drug-likeness (QED) is 0.933. The average molecular weight is 286 g/mol. The van der Waals surface area contributed by atoms with Gasteiger partial charge in [-0.3, -0.25) is 0 Å². The van der Waals surface area contributed by atoms with E-state index in [0.717, 1.165) is 11.1 Å². The van der Waals surface area contributed by atoms with Crippen molar-refractivity contribution in [2.45, 2.75) is 33.1 Å². The first-order valence-corrected chi connectivity index (χ1v) is 6.63. The smallest absolute Gasteiger partial charge is 0.354 e. The summed E-state index contributed by atoms with van der Waals surface area (Å²) in [7, 11) is 0. The van der Waals surface area contributed by atoms with Gasteiger partial charge in [0, 0.05) is 11.8 Å². The monoisotopic (exact) mass is 286 g/mol. The molecule has 0 aliphatic carbocycles. The first-order valence-electron chi connectivity index (χ1n) is 6.63. The molecule has 1 N–H and O–H groups in total. The third-order valence-corrected chi connectivity index (χ3v) is 3.00. The number of aromatic nitrogens is 2. The van der Waals surface area contributed by atoms with Crippen molar-refractivity contribution in [2.24, 2.45) is 0 Å². The number of benzene rings is 1. The van der Waals surface area contributed by atoms with Crippen molar-refractivity contribution < 1.29 is 14.6 Å². The van der Waals surface area contributed by atoms with Crippen molar-refractivity contribution in [1.29, 1.82) is 0 Å². The molecule has 0 aliphatic rings. The Labute approximate surface area is 123 Å². The molecule has 0 aliphatic heterocycles. The number of aryl methyl sites for hydroxylation is 1. The Hall–Kier alpha value is -2.43. The molecule has 110 valence electrons. The van der Waals surface area contributed by atoms with Crippen LogP contribution in [0.4, 0.5) is 0 Å². The number of nitrogens with zero attached hydrogens (tertiary/aromatic N) is 2. The van der Waals surface area contributed by atoms with Gasteiger partial charge in [0.1, 0.15) is 5.75 Å². The van der Waals surface area contributed by atoms with Crippen LogP contribution in [0.2, 0.25) is 0 Å². The molecule has 0 atom stereocenters. The lowest BCUT2D eigenvalue weighted by atomic mass is 9.85. The number of hydrogen-bond donors (Lipinski definition) is 1. The Morgan fingerprint density at radius 3 is 2.57 bits per heavy atom. The van der Waals surface area contributed by atoms with Gasteiger partial charge >= 0.3 is 12.0 Å². The van der Waals surface area contributed by atoms with Crippen LogP contribution in [-0.2, 0) is 5.41 Å². The highest BCUT2D eigenvalue weighted by Crippen LogP contribution is 2.33. The largest absolute Gasteiger partial charge is 0.477 e. The van der Waals surface area contributed by atoms with Crippen molar-refractivity contribution in [3.8, 4) is 11.8 Å². The van der Waals surface area contributed by atoms with Crippen molar-refractivity contribution in [3.05, 3.63) is 47.3 Å². The molecule has 0 radical (unpaired) electrons. The lowest BCUT2D eigenvalue weighted by Crippen LogP contribution is -2.13. The van der Waals surface area contributed by atoms with E-state index in [0.29, 0.717) is 5.75 Å². The highest BCUT2D eigenvalue weighted by Gasteiger charge is 2.20. The van der Waals surface area contributed by atoms with Crippen LogP contribution in [0.3, 0.4) is 0 Å². The molecule has 5 nitrogen and oxygen atoms in total. The summed E-state index contributed by atoms with van der Waals surface area (Å²) >= 11 is 0. The Morgan fingerprint density at radius 1 is 1.24 bits per heavy atom. The lowest BCUT2D eigenvalue weighted by molar-refractivity contribution is 0.0689. The third-order valence-electron chi connectivity index (χ3n) is 3.00. The molecule has 1 heterocycles. The summed E-state index contributed by atoms with van der Waals surface area (Å²) in [5.41, 5.74) is 1.95. The van der Waals surface area contributed by atoms with Gasteiger partial charge in [-0.25, -0.2) is 9.78 Å². The van der Waals surface area contributed by atoms with Crippen molar-refractivity contribution in [2.75, 3.05) is 0 Å². The van der Waals surface area contributed by atoms with E-state index in [4.69, 9.17) is 9.84 Å². The van der Waals surface area contributed by atoms with E-state index in [1.54, 1.807) is 0 Å². The Bertz CT molecular complexity index is 675. The van der Waals surface area contributed by atoms with E-state index < -0.39 is 5.97 Å². The van der Waals surface area contributed by atoms with Crippen LogP contribution in [0.5, 0.6) is 11.8 Å². The summed E-state index contributed by atoms with van der Waals surface area (Å²) in [4.78, 5) is 18.8. The molecule has 5 heteroatoms. The molecule has 0 bridgehead atoms. The van der Waals surface area contributed by atoms with Gasteiger partial charge in [-0.15, -0.1) is 0 Å². The van der Waals surface area contributed by atoms with Crippen LogP contribution in [0.15, 0.2) is 30.5 Å². The van der Waals surface area contributed by atoms with Gasteiger partial charge in [-0.2, -0.15) is 4.98 Å². The molecule has 0 saturated carbocycles. The number of rotatable bonds is 3. The maximum Gasteiger partial charge on any atom is 0.354 e. The zero-order chi connectivity index (χ0) is 15.6. The molecule has 2 aromatic rings. The van der Waals surface area contributed by atoms with Crippen LogP contribution in [0, 0.1) is 6.92 Å². The maximum absolute atomic E-state index is 10.9. The summed E-state index contributed by atoms with van der Waals surface area (Å²) in [6.45, 7) is 8.27. The molecule has 0 fully saturated rings. The van der Waals surface area contributed by atoms with Crippen molar-refractivity contribution in [1.82, 2.24) is 9.97 Å². The zero-order valence-corrected chi connectivity index (χ0v) is 12.5. The van der Waals surface area contributed by atoms with Crippen LogP contribution in [-0.4, -0.2) is 21.0 Å². The molecular formula is C16H18N2O3. The van der Waals surface area contributed by atoms with Crippen molar-refractivity contribution >= 4 is 5.97 Å². The van der Waals surface area contributed by atoms with Gasteiger partial charge in [-0.1, -0.05) is 38.5 Å². The van der Waals surface area contributed by atoms with Crippen LogP contribution in [0.1, 0.15) is 42.4 Å². The van der Waals surface area contributed by atoms with Gasteiger partial charge < -0.3 is 9.84 Å². The predicted octanol–water partition coefficient (Wildman–Crippen LogP) is 3.57. The van der Waals surface area contributed by atoms with E-state index in [1.807, 2.05) is 19.1 Å². The minimum absolute atomic E-state index is 0.0317. The molecule has 0 unspecified atom stereocenters. The van der Waals surface area contributed by atoms with Gasteiger partial charge in [0.05, 0.1) is 0 Å². The molecular weight excluding hydrogens is 268 g/mol. The predicted molar refractivity (Wildman–Crippen MR) is 78.9 cm³/mol. The minimum Gasteiger partial charge on any atom is -0.477 e. The van der Waals surface area contributed by atoms with Crippen molar-refractivity contribution in [3.63, 3.8) is 0 Å². The fraction of sp³-hybridized carbons (Fsp3) is 0.312. The zero-order valence-electron chi connectivity index (χ0n) is 12.5. The molecule has 1 aromatic heterocycles. The van der Waals surface area contributed by atoms with E-state index in [9.17, 15) is 4.79 Å². The van der Waals surface area contributed by atoms with Gasteiger partial charge in [-0.05, 0) is 24.5 Å². The topological polar surface area (TPSA) is 72.3 Å². The molecule has 0 amide bonds. The Balaban J connectivity index is 2.40. The summed E-state index contributed by atoms with van der Waals surface area (Å²) in [6, 6.07) is 7.20. The van der Waals surface area contributed by atoms with E-state index in [-0.39, 0.29) is 17.1 Å². The standard InChI is InChI=1S/C16H18N2O3/c1-10-5-6-13(11(9-10)16(2,3)4)21-15-17-8-7-12(18-15)14(19)20/h5-9H,1-4H3,(H,19,20). The number of ether oxygens (including phenoxy) is 1. The second-order valence-electron chi connectivity index (χ2n) is 5.88. The highest BCUT2D eigenvalue weighted by molar-refractivity contribution is 5.85. The normalized spacial score (nSPS) is 11.2. The number of aromatic carboxylic acids is 1. The summed E-state index contributed by atoms with van der Waals surface area (Å²) in [5.74, 6) is -0.474. The molecule has 0 saturated heterocycles.